The lowest BCUT2D eigenvalue weighted by Gasteiger charge is -2.31. The Balaban J connectivity index is 1.99. The predicted octanol–water partition coefficient (Wildman–Crippen LogP) is 3.90. The average Bonchev–Trinajstić information content (AvgIpc) is 3.23. The van der Waals surface area contributed by atoms with E-state index in [1.807, 2.05) is 17.0 Å². The first-order valence-electron chi connectivity index (χ1n) is 12.0. The van der Waals surface area contributed by atoms with Crippen LogP contribution in [0.25, 0.3) is 0 Å². The molecule has 2 heterocycles. The van der Waals surface area contributed by atoms with E-state index in [-0.39, 0.29) is 11.8 Å². The van der Waals surface area contributed by atoms with Gasteiger partial charge < -0.3 is 14.9 Å². The molecule has 2 aliphatic heterocycles. The SMILES string of the molecule is CC(=O)N1CCCCCCCN(C(C)C)Cc2cc(C(=O)N3CCC[C@H]3C(=O)O)ccc21. The van der Waals surface area contributed by atoms with Crippen molar-refractivity contribution in [3.8, 4) is 0 Å². The molecule has 1 saturated heterocycles. The summed E-state index contributed by atoms with van der Waals surface area (Å²) in [5.41, 5.74) is 2.30. The number of carboxylic acids is 1. The van der Waals surface area contributed by atoms with E-state index in [4.69, 9.17) is 0 Å². The summed E-state index contributed by atoms with van der Waals surface area (Å²) < 4.78 is 0. The lowest BCUT2D eigenvalue weighted by atomic mass is 10.0. The first-order valence-corrected chi connectivity index (χ1v) is 12.0. The normalized spacial score (nSPS) is 21.1. The Hall–Kier alpha value is -2.41. The van der Waals surface area contributed by atoms with Crippen LogP contribution in [0.15, 0.2) is 18.2 Å². The van der Waals surface area contributed by atoms with Crippen LogP contribution >= 0.6 is 0 Å². The molecule has 0 radical (unpaired) electrons. The number of fused-ring (bicyclic) bond motifs is 1. The van der Waals surface area contributed by atoms with E-state index in [0.29, 0.717) is 44.1 Å². The second-order valence-electron chi connectivity index (χ2n) is 9.34. The highest BCUT2D eigenvalue weighted by Gasteiger charge is 2.34. The molecule has 1 fully saturated rings. The zero-order chi connectivity index (χ0) is 23.3. The fraction of sp³-hybridized carbons (Fsp3) is 0.640. The Morgan fingerprint density at radius 2 is 1.66 bits per heavy atom. The highest BCUT2D eigenvalue weighted by Crippen LogP contribution is 2.28. The largest absolute Gasteiger partial charge is 0.480 e. The van der Waals surface area contributed by atoms with Gasteiger partial charge in [0.25, 0.3) is 5.91 Å². The number of carbonyl (C=O) groups is 3. The molecule has 0 unspecified atom stereocenters. The fourth-order valence-electron chi connectivity index (χ4n) is 4.84. The molecule has 0 bridgehead atoms. The van der Waals surface area contributed by atoms with E-state index in [0.717, 1.165) is 37.1 Å². The predicted molar refractivity (Wildman–Crippen MR) is 125 cm³/mol. The lowest BCUT2D eigenvalue weighted by Crippen LogP contribution is -2.40. The van der Waals surface area contributed by atoms with Gasteiger partial charge in [-0.1, -0.05) is 19.3 Å². The molecule has 0 spiro atoms. The molecule has 2 aliphatic rings. The smallest absolute Gasteiger partial charge is 0.326 e. The van der Waals surface area contributed by atoms with E-state index in [9.17, 15) is 19.5 Å². The van der Waals surface area contributed by atoms with Crippen molar-refractivity contribution in [3.63, 3.8) is 0 Å². The summed E-state index contributed by atoms with van der Waals surface area (Å²) in [4.78, 5) is 43.0. The second kappa shape index (κ2) is 10.9. The minimum absolute atomic E-state index is 0.00367. The van der Waals surface area contributed by atoms with Gasteiger partial charge in [0.15, 0.2) is 0 Å². The van der Waals surface area contributed by atoms with Crippen LogP contribution < -0.4 is 4.90 Å². The van der Waals surface area contributed by atoms with Crippen molar-refractivity contribution in [2.45, 2.75) is 84.3 Å². The van der Waals surface area contributed by atoms with Gasteiger partial charge in [0.2, 0.25) is 5.91 Å². The number of hydrogen-bond acceptors (Lipinski definition) is 4. The molecule has 3 rings (SSSR count). The third-order valence-electron chi connectivity index (χ3n) is 6.73. The standard InChI is InChI=1S/C25H37N3O4/c1-18(2)26-13-7-5-4-6-8-14-27(19(3)29)22-12-11-20(16-21(22)17-26)24(30)28-15-9-10-23(28)25(31)32/h11-12,16,18,23H,4-10,13-15,17H2,1-3H3,(H,31,32)/t23-/m0/s1. The Labute approximate surface area is 191 Å². The van der Waals surface area contributed by atoms with Crippen molar-refractivity contribution in [3.05, 3.63) is 29.3 Å². The molecule has 0 aliphatic carbocycles. The van der Waals surface area contributed by atoms with Gasteiger partial charge in [0.05, 0.1) is 0 Å². The average molecular weight is 444 g/mol. The number of likely N-dealkylation sites (tertiary alicyclic amines) is 1. The highest BCUT2D eigenvalue weighted by atomic mass is 16.4. The van der Waals surface area contributed by atoms with Crippen molar-refractivity contribution in [1.29, 1.82) is 0 Å². The van der Waals surface area contributed by atoms with Gasteiger partial charge in [-0.25, -0.2) is 4.79 Å². The Morgan fingerprint density at radius 3 is 2.31 bits per heavy atom. The van der Waals surface area contributed by atoms with E-state index in [2.05, 4.69) is 18.7 Å². The third kappa shape index (κ3) is 5.68. The molecule has 7 nitrogen and oxygen atoms in total. The number of benzene rings is 1. The van der Waals surface area contributed by atoms with Gasteiger partial charge in [0.1, 0.15) is 6.04 Å². The second-order valence-corrected chi connectivity index (χ2v) is 9.34. The summed E-state index contributed by atoms with van der Waals surface area (Å²) in [6.45, 7) is 8.70. The first-order chi connectivity index (χ1) is 15.3. The van der Waals surface area contributed by atoms with Crippen LogP contribution in [0, 0.1) is 0 Å². The van der Waals surface area contributed by atoms with Crippen molar-refractivity contribution < 1.29 is 19.5 Å². The van der Waals surface area contributed by atoms with Gasteiger partial charge in [-0.05, 0) is 69.8 Å². The lowest BCUT2D eigenvalue weighted by molar-refractivity contribution is -0.141. The molecular formula is C25H37N3O4. The maximum Gasteiger partial charge on any atom is 0.326 e. The van der Waals surface area contributed by atoms with Gasteiger partial charge in [-0.3, -0.25) is 14.5 Å². The van der Waals surface area contributed by atoms with E-state index in [1.54, 1.807) is 13.0 Å². The molecule has 1 atom stereocenters. The van der Waals surface area contributed by atoms with Gasteiger partial charge in [0, 0.05) is 43.9 Å². The minimum Gasteiger partial charge on any atom is -0.480 e. The highest BCUT2D eigenvalue weighted by molar-refractivity contribution is 5.98. The molecule has 2 amide bonds. The molecule has 1 aromatic rings. The Morgan fingerprint density at radius 1 is 0.969 bits per heavy atom. The zero-order valence-corrected chi connectivity index (χ0v) is 19.7. The minimum atomic E-state index is -0.948. The summed E-state index contributed by atoms with van der Waals surface area (Å²) in [6, 6.07) is 5.08. The van der Waals surface area contributed by atoms with Crippen molar-refractivity contribution >= 4 is 23.5 Å². The Bertz CT molecular complexity index is 838. The van der Waals surface area contributed by atoms with E-state index >= 15 is 0 Å². The summed E-state index contributed by atoms with van der Waals surface area (Å²) in [6.07, 6.45) is 6.75. The van der Waals surface area contributed by atoms with Crippen LogP contribution in [0.2, 0.25) is 0 Å². The quantitative estimate of drug-likeness (QED) is 0.766. The van der Waals surface area contributed by atoms with Crippen molar-refractivity contribution in [2.24, 2.45) is 0 Å². The summed E-state index contributed by atoms with van der Waals surface area (Å²) in [5, 5.41) is 9.49. The molecular weight excluding hydrogens is 406 g/mol. The third-order valence-corrected chi connectivity index (χ3v) is 6.73. The number of nitrogens with zero attached hydrogens (tertiary/aromatic N) is 3. The first kappa shape index (κ1) is 24.2. The Kier molecular flexibility index (Phi) is 8.29. The molecule has 176 valence electrons. The van der Waals surface area contributed by atoms with Crippen molar-refractivity contribution in [1.82, 2.24) is 9.80 Å². The monoisotopic (exact) mass is 443 g/mol. The number of rotatable bonds is 3. The topological polar surface area (TPSA) is 81.2 Å². The number of aliphatic carboxylic acids is 1. The number of carboxylic acid groups (broad SMARTS) is 1. The number of anilines is 1. The summed E-state index contributed by atoms with van der Waals surface area (Å²) in [7, 11) is 0. The van der Waals surface area contributed by atoms with E-state index < -0.39 is 12.0 Å². The molecule has 0 aromatic heterocycles. The van der Waals surface area contributed by atoms with Gasteiger partial charge in [-0.15, -0.1) is 0 Å². The number of amides is 2. The molecule has 0 saturated carbocycles. The van der Waals surface area contributed by atoms with Crippen LogP contribution in [0.5, 0.6) is 0 Å². The van der Waals surface area contributed by atoms with Crippen LogP contribution in [0.4, 0.5) is 5.69 Å². The molecule has 7 heteroatoms. The van der Waals surface area contributed by atoms with Crippen LogP contribution in [-0.4, -0.2) is 64.4 Å². The van der Waals surface area contributed by atoms with Crippen molar-refractivity contribution in [2.75, 3.05) is 24.5 Å². The van der Waals surface area contributed by atoms with Crippen LogP contribution in [0.3, 0.4) is 0 Å². The van der Waals surface area contributed by atoms with Gasteiger partial charge >= 0.3 is 5.97 Å². The maximum absolute atomic E-state index is 13.2. The van der Waals surface area contributed by atoms with Crippen LogP contribution in [-0.2, 0) is 16.1 Å². The fourth-order valence-corrected chi connectivity index (χ4v) is 4.84. The van der Waals surface area contributed by atoms with Crippen LogP contribution in [0.1, 0.15) is 81.6 Å². The summed E-state index contributed by atoms with van der Waals surface area (Å²) >= 11 is 0. The number of carbonyl (C=O) groups excluding carboxylic acids is 2. The summed E-state index contributed by atoms with van der Waals surface area (Å²) in [5.74, 6) is -1.19. The molecule has 1 aromatic carbocycles. The molecule has 32 heavy (non-hydrogen) atoms. The number of hydrogen-bond donors (Lipinski definition) is 1. The van der Waals surface area contributed by atoms with Gasteiger partial charge in [-0.2, -0.15) is 0 Å². The van der Waals surface area contributed by atoms with E-state index in [1.165, 1.54) is 17.7 Å². The zero-order valence-electron chi connectivity index (χ0n) is 19.7. The maximum atomic E-state index is 13.2. The molecule has 1 N–H and O–H groups in total.